The lowest BCUT2D eigenvalue weighted by Gasteiger charge is -2.37. The summed E-state index contributed by atoms with van der Waals surface area (Å²) in [7, 11) is 0. The summed E-state index contributed by atoms with van der Waals surface area (Å²) in [6.07, 6.45) is 0.400. The van der Waals surface area contributed by atoms with Gasteiger partial charge in [-0.25, -0.2) is 9.18 Å². The molecule has 2 aromatic carbocycles. The zero-order valence-electron chi connectivity index (χ0n) is 20.4. The molecule has 1 aliphatic heterocycles. The van der Waals surface area contributed by atoms with Crippen LogP contribution in [0, 0.1) is 5.82 Å². The predicted molar refractivity (Wildman–Crippen MR) is 133 cm³/mol. The molecule has 0 radical (unpaired) electrons. The lowest BCUT2D eigenvalue weighted by atomic mass is 10.0. The van der Waals surface area contributed by atoms with Gasteiger partial charge in [-0.3, -0.25) is 4.79 Å². The first-order chi connectivity index (χ1) is 16.7. The number of nitrogens with zero attached hydrogens (tertiary/aromatic N) is 2. The maximum atomic E-state index is 14.5. The maximum absolute atomic E-state index is 14.5. The number of anilines is 1. The zero-order valence-corrected chi connectivity index (χ0v) is 20.4. The number of carbonyl (C=O) groups is 2. The molecule has 0 spiro atoms. The van der Waals surface area contributed by atoms with Crippen molar-refractivity contribution in [1.82, 2.24) is 9.88 Å². The third-order valence-corrected chi connectivity index (χ3v) is 6.01. The third kappa shape index (κ3) is 6.32. The molecule has 1 fully saturated rings. The second-order valence-corrected chi connectivity index (χ2v) is 9.88. The van der Waals surface area contributed by atoms with Crippen molar-refractivity contribution in [2.75, 3.05) is 31.1 Å². The van der Waals surface area contributed by atoms with Gasteiger partial charge in [-0.05, 0) is 44.5 Å². The fourth-order valence-corrected chi connectivity index (χ4v) is 4.44. The van der Waals surface area contributed by atoms with E-state index in [4.69, 9.17) is 9.47 Å². The fraction of sp³-hybridized carbons (Fsp3) is 0.407. The Morgan fingerprint density at radius 2 is 1.80 bits per heavy atom. The van der Waals surface area contributed by atoms with E-state index in [0.717, 1.165) is 22.3 Å². The Bertz CT molecular complexity index is 1160. The van der Waals surface area contributed by atoms with Crippen LogP contribution in [0.2, 0.25) is 0 Å². The van der Waals surface area contributed by atoms with E-state index in [9.17, 15) is 14.0 Å². The van der Waals surface area contributed by atoms with Crippen LogP contribution < -0.4 is 4.90 Å². The topological polar surface area (TPSA) is 74.9 Å². The molecule has 1 aromatic heterocycles. The van der Waals surface area contributed by atoms with Gasteiger partial charge in [0.2, 0.25) is 0 Å². The summed E-state index contributed by atoms with van der Waals surface area (Å²) < 4.78 is 25.3. The highest BCUT2D eigenvalue weighted by Gasteiger charge is 2.27. The highest BCUT2D eigenvalue weighted by atomic mass is 19.1. The van der Waals surface area contributed by atoms with Crippen LogP contribution in [0.1, 0.15) is 32.0 Å². The first-order valence-corrected chi connectivity index (χ1v) is 11.9. The Balaban J connectivity index is 1.50. The molecular weight excluding hydrogens is 449 g/mol. The molecular formula is C27H32FN3O4. The first-order valence-electron chi connectivity index (χ1n) is 11.9. The number of H-pyrrole nitrogens is 1. The summed E-state index contributed by atoms with van der Waals surface area (Å²) in [5.41, 5.74) is 2.86. The molecule has 4 rings (SSSR count). The lowest BCUT2D eigenvalue weighted by molar-refractivity contribution is -0.133. The Labute approximate surface area is 204 Å². The summed E-state index contributed by atoms with van der Waals surface area (Å²) in [4.78, 5) is 30.6. The van der Waals surface area contributed by atoms with Crippen molar-refractivity contribution in [1.29, 1.82) is 0 Å². The summed E-state index contributed by atoms with van der Waals surface area (Å²) in [5.74, 6) is -0.333. The van der Waals surface area contributed by atoms with Gasteiger partial charge in [0.1, 0.15) is 17.5 Å². The van der Waals surface area contributed by atoms with Gasteiger partial charge in [0.25, 0.3) is 6.47 Å². The van der Waals surface area contributed by atoms with Crippen molar-refractivity contribution in [2.45, 2.75) is 45.3 Å². The van der Waals surface area contributed by atoms with Crippen LogP contribution in [-0.4, -0.2) is 60.3 Å². The maximum Gasteiger partial charge on any atom is 0.410 e. The van der Waals surface area contributed by atoms with Crippen LogP contribution >= 0.6 is 0 Å². The minimum absolute atomic E-state index is 0.329. The molecule has 2 heterocycles. The number of rotatable bonds is 7. The van der Waals surface area contributed by atoms with Crippen molar-refractivity contribution in [3.8, 4) is 0 Å². The van der Waals surface area contributed by atoms with E-state index in [1.807, 2.05) is 57.2 Å². The molecule has 0 aliphatic carbocycles. The molecule has 0 saturated carbocycles. The van der Waals surface area contributed by atoms with Gasteiger partial charge < -0.3 is 24.3 Å². The number of benzene rings is 2. The highest BCUT2D eigenvalue weighted by Crippen LogP contribution is 2.31. The normalized spacial score (nSPS) is 15.2. The number of carbonyl (C=O) groups excluding carboxylic acids is 2. The molecule has 1 aliphatic rings. The third-order valence-electron chi connectivity index (χ3n) is 6.01. The van der Waals surface area contributed by atoms with E-state index in [1.54, 1.807) is 4.90 Å². The van der Waals surface area contributed by atoms with Crippen LogP contribution in [0.4, 0.5) is 14.9 Å². The van der Waals surface area contributed by atoms with E-state index in [2.05, 4.69) is 9.88 Å². The van der Waals surface area contributed by atoms with Crippen molar-refractivity contribution in [3.63, 3.8) is 0 Å². The first kappa shape index (κ1) is 24.6. The minimum Gasteiger partial charge on any atom is -0.464 e. The summed E-state index contributed by atoms with van der Waals surface area (Å²) in [6, 6.07) is 14.9. The van der Waals surface area contributed by atoms with E-state index >= 15 is 0 Å². The molecule has 1 amide bonds. The molecule has 7 nitrogen and oxygen atoms in total. The van der Waals surface area contributed by atoms with Crippen LogP contribution in [0.15, 0.2) is 48.5 Å². The van der Waals surface area contributed by atoms with Gasteiger partial charge in [0, 0.05) is 55.8 Å². The predicted octanol–water partition coefficient (Wildman–Crippen LogP) is 4.69. The summed E-state index contributed by atoms with van der Waals surface area (Å²) >= 11 is 0. The van der Waals surface area contributed by atoms with Crippen LogP contribution in [0.25, 0.3) is 10.9 Å². The molecule has 1 unspecified atom stereocenters. The molecule has 8 heteroatoms. The molecule has 1 atom stereocenters. The number of halogens is 1. The second-order valence-electron chi connectivity index (χ2n) is 9.88. The fourth-order valence-electron chi connectivity index (χ4n) is 4.44. The summed E-state index contributed by atoms with van der Waals surface area (Å²) in [5, 5.41) is 0.900. The van der Waals surface area contributed by atoms with Crippen molar-refractivity contribution >= 4 is 29.2 Å². The van der Waals surface area contributed by atoms with Gasteiger partial charge >= 0.3 is 6.09 Å². The van der Waals surface area contributed by atoms with E-state index in [0.29, 0.717) is 51.0 Å². The average molecular weight is 482 g/mol. The smallest absolute Gasteiger partial charge is 0.410 e. The van der Waals surface area contributed by atoms with Gasteiger partial charge in [-0.15, -0.1) is 0 Å². The zero-order chi connectivity index (χ0) is 25.0. The van der Waals surface area contributed by atoms with Crippen molar-refractivity contribution in [3.05, 3.63) is 65.6 Å². The van der Waals surface area contributed by atoms with Crippen LogP contribution in [0.3, 0.4) is 0 Å². The quantitative estimate of drug-likeness (QED) is 0.496. The largest absolute Gasteiger partial charge is 0.464 e. The SMILES string of the molecule is CC(C)(C)OC(=O)N1CCN(c2cc(F)cc3[nH]c(CC(Cc4ccccc4)OC=O)cc23)CC1. The van der Waals surface area contributed by atoms with Gasteiger partial charge in [0.15, 0.2) is 0 Å². The minimum atomic E-state index is -0.545. The molecule has 3 aromatic rings. The highest BCUT2D eigenvalue weighted by molar-refractivity contribution is 5.93. The molecule has 1 N–H and O–H groups in total. The Hall–Kier alpha value is -3.55. The molecule has 0 bridgehead atoms. The Morgan fingerprint density at radius 3 is 2.46 bits per heavy atom. The van der Waals surface area contributed by atoms with Gasteiger partial charge in [-0.1, -0.05) is 30.3 Å². The van der Waals surface area contributed by atoms with Crippen molar-refractivity contribution < 1.29 is 23.5 Å². The number of hydrogen-bond donors (Lipinski definition) is 1. The number of nitrogens with one attached hydrogen (secondary N) is 1. The molecule has 35 heavy (non-hydrogen) atoms. The standard InChI is InChI=1S/C27H32FN3O4/c1-27(2,3)35-26(33)31-11-9-30(10-12-31)25-15-20(28)14-24-23(25)17-21(29-24)16-22(34-18-32)13-19-7-5-4-6-8-19/h4-8,14-15,17-18,22,29H,9-13,16H2,1-3H3. The van der Waals surface area contributed by atoms with Crippen LogP contribution in [0.5, 0.6) is 0 Å². The van der Waals surface area contributed by atoms with E-state index in [-0.39, 0.29) is 18.0 Å². The van der Waals surface area contributed by atoms with Gasteiger partial charge in [0.05, 0.1) is 5.52 Å². The molecule has 1 saturated heterocycles. The van der Waals surface area contributed by atoms with Gasteiger partial charge in [-0.2, -0.15) is 0 Å². The average Bonchev–Trinajstić information content (AvgIpc) is 3.20. The number of hydrogen-bond acceptors (Lipinski definition) is 5. The number of piperazine rings is 1. The Morgan fingerprint density at radius 1 is 1.09 bits per heavy atom. The monoisotopic (exact) mass is 481 g/mol. The van der Waals surface area contributed by atoms with E-state index < -0.39 is 5.60 Å². The number of aromatic amines is 1. The number of amides is 1. The van der Waals surface area contributed by atoms with Crippen LogP contribution in [-0.2, 0) is 27.1 Å². The molecule has 186 valence electrons. The lowest BCUT2D eigenvalue weighted by Crippen LogP contribution is -2.50. The number of aromatic nitrogens is 1. The second kappa shape index (κ2) is 10.4. The number of fused-ring (bicyclic) bond motifs is 1. The summed E-state index contributed by atoms with van der Waals surface area (Å²) in [6.45, 7) is 8.15. The van der Waals surface area contributed by atoms with Crippen molar-refractivity contribution in [2.24, 2.45) is 0 Å². The number of ether oxygens (including phenoxy) is 2. The van der Waals surface area contributed by atoms with E-state index in [1.165, 1.54) is 12.1 Å². The Kier molecular flexibility index (Phi) is 7.28.